The Labute approximate surface area is 75.3 Å². The van der Waals surface area contributed by atoms with Crippen LogP contribution in [0.5, 0.6) is 0 Å². The molecule has 1 nitrogen and oxygen atoms in total. The molecule has 0 amide bonds. The maximum Gasteiger partial charge on any atom is 0.131 e. The molecule has 2 heteroatoms. The fourth-order valence-corrected chi connectivity index (χ4v) is 1.92. The Balaban J connectivity index is 2.61. The van der Waals surface area contributed by atoms with Gasteiger partial charge in [0.2, 0.25) is 0 Å². The number of rotatable bonds is 2. The molecule has 0 saturated carbocycles. The van der Waals surface area contributed by atoms with Crippen molar-refractivity contribution in [2.24, 2.45) is 0 Å². The van der Waals surface area contributed by atoms with E-state index in [0.717, 1.165) is 6.42 Å². The maximum atomic E-state index is 10.8. The van der Waals surface area contributed by atoms with Crippen LogP contribution in [0, 0.1) is 0 Å². The van der Waals surface area contributed by atoms with Gasteiger partial charge in [0.25, 0.3) is 0 Å². The van der Waals surface area contributed by atoms with Crippen LogP contribution in [0.3, 0.4) is 0 Å². The molecule has 1 aliphatic rings. The number of alkyl halides is 1. The summed E-state index contributed by atoms with van der Waals surface area (Å²) < 4.78 is -0.104. The Hall–Kier alpha value is -0.370. The first-order valence-corrected chi connectivity index (χ1v) is 4.44. The number of carbonyl (C=O) groups is 1. The van der Waals surface area contributed by atoms with Crippen LogP contribution < -0.4 is 0 Å². The van der Waals surface area contributed by atoms with Crippen molar-refractivity contribution in [3.05, 3.63) is 24.3 Å². The van der Waals surface area contributed by atoms with Gasteiger partial charge in [0.1, 0.15) is 5.78 Å². The third-order valence-electron chi connectivity index (χ3n) is 1.64. The van der Waals surface area contributed by atoms with E-state index < -0.39 is 0 Å². The molecule has 1 aliphatic carbocycles. The first-order valence-electron chi connectivity index (χ1n) is 3.65. The highest BCUT2D eigenvalue weighted by atomic mass is 79.9. The van der Waals surface area contributed by atoms with E-state index in [0.29, 0.717) is 6.42 Å². The summed E-state index contributed by atoms with van der Waals surface area (Å²) in [6.07, 6.45) is 9.56. The van der Waals surface area contributed by atoms with Crippen molar-refractivity contribution in [2.75, 3.05) is 0 Å². The molecule has 0 aromatic rings. The van der Waals surface area contributed by atoms with Crippen LogP contribution in [0.2, 0.25) is 0 Å². The summed E-state index contributed by atoms with van der Waals surface area (Å²) in [6.45, 7) is 1.62. The molecule has 0 radical (unpaired) electrons. The summed E-state index contributed by atoms with van der Waals surface area (Å²) in [5.41, 5.74) is 0. The fourth-order valence-electron chi connectivity index (χ4n) is 1.18. The standard InChI is InChI=1S/C9H11BrO/c1-8(11)7-9(10)5-3-2-4-6-9/h2-5H,6-7H2,1H3. The molecule has 0 heterocycles. The Morgan fingerprint density at radius 1 is 1.64 bits per heavy atom. The van der Waals surface area contributed by atoms with Crippen molar-refractivity contribution in [2.45, 2.75) is 24.1 Å². The summed E-state index contributed by atoms with van der Waals surface area (Å²) in [6, 6.07) is 0. The number of carbonyl (C=O) groups excluding carboxylic acids is 1. The van der Waals surface area contributed by atoms with Crippen LogP contribution in [-0.4, -0.2) is 10.1 Å². The van der Waals surface area contributed by atoms with E-state index >= 15 is 0 Å². The molecular weight excluding hydrogens is 204 g/mol. The Kier molecular flexibility index (Phi) is 2.66. The van der Waals surface area contributed by atoms with Gasteiger partial charge in [0, 0.05) is 6.42 Å². The van der Waals surface area contributed by atoms with Crippen molar-refractivity contribution in [1.82, 2.24) is 0 Å². The van der Waals surface area contributed by atoms with Gasteiger partial charge in [0.15, 0.2) is 0 Å². The van der Waals surface area contributed by atoms with Gasteiger partial charge in [-0.25, -0.2) is 0 Å². The molecule has 0 aliphatic heterocycles. The molecule has 0 spiro atoms. The average molecular weight is 215 g/mol. The average Bonchev–Trinajstić information content (AvgIpc) is 1.85. The Morgan fingerprint density at radius 3 is 2.82 bits per heavy atom. The minimum Gasteiger partial charge on any atom is -0.300 e. The molecule has 60 valence electrons. The lowest BCUT2D eigenvalue weighted by atomic mass is 9.95. The van der Waals surface area contributed by atoms with Crippen LogP contribution in [-0.2, 0) is 4.79 Å². The van der Waals surface area contributed by atoms with Gasteiger partial charge < -0.3 is 0 Å². The number of allylic oxidation sites excluding steroid dienone is 4. The van der Waals surface area contributed by atoms with Crippen molar-refractivity contribution < 1.29 is 4.79 Å². The van der Waals surface area contributed by atoms with Crippen molar-refractivity contribution >= 4 is 21.7 Å². The van der Waals surface area contributed by atoms with E-state index in [1.807, 2.05) is 18.2 Å². The van der Waals surface area contributed by atoms with E-state index in [-0.39, 0.29) is 10.1 Å². The van der Waals surface area contributed by atoms with Gasteiger partial charge >= 0.3 is 0 Å². The first-order chi connectivity index (χ1) is 5.12. The van der Waals surface area contributed by atoms with E-state index in [4.69, 9.17) is 0 Å². The normalized spacial score (nSPS) is 28.9. The van der Waals surface area contributed by atoms with E-state index in [1.165, 1.54) is 0 Å². The lowest BCUT2D eigenvalue weighted by molar-refractivity contribution is -0.117. The Bertz CT molecular complexity index is 218. The molecule has 0 bridgehead atoms. The zero-order chi connectivity index (χ0) is 8.32. The highest BCUT2D eigenvalue weighted by Gasteiger charge is 2.24. The summed E-state index contributed by atoms with van der Waals surface area (Å²) in [5.74, 6) is 0.224. The second-order valence-corrected chi connectivity index (χ2v) is 4.48. The van der Waals surface area contributed by atoms with Crippen molar-refractivity contribution in [3.63, 3.8) is 0 Å². The molecular formula is C9H11BrO. The molecule has 0 aromatic heterocycles. The Morgan fingerprint density at radius 2 is 2.36 bits per heavy atom. The minimum atomic E-state index is -0.104. The van der Waals surface area contributed by atoms with Gasteiger partial charge in [0.05, 0.1) is 4.32 Å². The largest absolute Gasteiger partial charge is 0.300 e. The van der Waals surface area contributed by atoms with Crippen molar-refractivity contribution in [3.8, 4) is 0 Å². The number of hydrogen-bond acceptors (Lipinski definition) is 1. The number of Topliss-reactive ketones (excluding diaryl/α,β-unsaturated/α-hetero) is 1. The molecule has 1 unspecified atom stereocenters. The first kappa shape index (κ1) is 8.72. The lowest BCUT2D eigenvalue weighted by Gasteiger charge is -2.22. The van der Waals surface area contributed by atoms with Crippen LogP contribution in [0.15, 0.2) is 24.3 Å². The SMILES string of the molecule is CC(=O)CC1(Br)C=CC=CC1. The highest BCUT2D eigenvalue weighted by molar-refractivity contribution is 9.10. The molecule has 0 N–H and O–H groups in total. The van der Waals surface area contributed by atoms with Crippen LogP contribution in [0.4, 0.5) is 0 Å². The van der Waals surface area contributed by atoms with E-state index in [1.54, 1.807) is 6.92 Å². The fraction of sp³-hybridized carbons (Fsp3) is 0.444. The molecule has 0 aromatic carbocycles. The van der Waals surface area contributed by atoms with Crippen LogP contribution >= 0.6 is 15.9 Å². The molecule has 1 atom stereocenters. The number of halogens is 1. The molecule has 0 saturated heterocycles. The summed E-state index contributed by atoms with van der Waals surface area (Å²) in [7, 11) is 0. The van der Waals surface area contributed by atoms with E-state index in [9.17, 15) is 4.79 Å². The van der Waals surface area contributed by atoms with Gasteiger partial charge in [-0.05, 0) is 13.3 Å². The predicted octanol–water partition coefficient (Wildman–Crippen LogP) is 2.62. The van der Waals surface area contributed by atoms with E-state index in [2.05, 4.69) is 22.0 Å². The van der Waals surface area contributed by atoms with Gasteiger partial charge in [-0.15, -0.1) is 0 Å². The zero-order valence-electron chi connectivity index (χ0n) is 6.51. The zero-order valence-corrected chi connectivity index (χ0v) is 8.10. The molecule has 11 heavy (non-hydrogen) atoms. The highest BCUT2D eigenvalue weighted by Crippen LogP contribution is 2.31. The van der Waals surface area contributed by atoms with Crippen LogP contribution in [0.1, 0.15) is 19.8 Å². The predicted molar refractivity (Wildman–Crippen MR) is 49.9 cm³/mol. The topological polar surface area (TPSA) is 17.1 Å². The summed E-state index contributed by atoms with van der Waals surface area (Å²) in [5, 5.41) is 0. The second kappa shape index (κ2) is 3.35. The minimum absolute atomic E-state index is 0.104. The number of ketones is 1. The van der Waals surface area contributed by atoms with Gasteiger partial charge in [-0.2, -0.15) is 0 Å². The number of hydrogen-bond donors (Lipinski definition) is 0. The maximum absolute atomic E-state index is 10.8. The second-order valence-electron chi connectivity index (χ2n) is 2.90. The third kappa shape index (κ3) is 2.62. The monoisotopic (exact) mass is 214 g/mol. The van der Waals surface area contributed by atoms with Gasteiger partial charge in [-0.3, -0.25) is 4.79 Å². The van der Waals surface area contributed by atoms with Crippen LogP contribution in [0.25, 0.3) is 0 Å². The van der Waals surface area contributed by atoms with Crippen molar-refractivity contribution in [1.29, 1.82) is 0 Å². The van der Waals surface area contributed by atoms with Gasteiger partial charge in [-0.1, -0.05) is 40.2 Å². The smallest absolute Gasteiger partial charge is 0.131 e. The quantitative estimate of drug-likeness (QED) is 0.647. The third-order valence-corrected chi connectivity index (χ3v) is 2.51. The summed E-state index contributed by atoms with van der Waals surface area (Å²) in [4.78, 5) is 10.8. The summed E-state index contributed by atoms with van der Waals surface area (Å²) >= 11 is 3.54. The lowest BCUT2D eigenvalue weighted by Crippen LogP contribution is -2.21. The molecule has 0 fully saturated rings. The molecule has 1 rings (SSSR count).